The number of anilines is 1. The van der Waals surface area contributed by atoms with E-state index in [4.69, 9.17) is 0 Å². The van der Waals surface area contributed by atoms with Crippen molar-refractivity contribution in [2.24, 2.45) is 0 Å². The molecule has 0 fully saturated rings. The highest BCUT2D eigenvalue weighted by atomic mass is 15.3. The summed E-state index contributed by atoms with van der Waals surface area (Å²) in [6.45, 7) is 0.723. The maximum absolute atomic E-state index is 4.26. The van der Waals surface area contributed by atoms with Crippen LogP contribution in [0.1, 0.15) is 5.56 Å². The van der Waals surface area contributed by atoms with Gasteiger partial charge < -0.3 is 5.32 Å². The standard InChI is InChI=1S/C12H11N5/c1-2-4-10(5-3-1)8-14-11-12-15-9-16-17(12)7-6-13-11/h1-7,9H,8H2,(H,13,14). The first-order chi connectivity index (χ1) is 8.43. The van der Waals surface area contributed by atoms with E-state index in [1.54, 1.807) is 16.9 Å². The molecule has 0 amide bonds. The summed E-state index contributed by atoms with van der Waals surface area (Å²) in [6, 6.07) is 10.2. The predicted molar refractivity (Wildman–Crippen MR) is 64.6 cm³/mol. The van der Waals surface area contributed by atoms with Crippen LogP contribution in [0.3, 0.4) is 0 Å². The molecular formula is C12H11N5. The van der Waals surface area contributed by atoms with Gasteiger partial charge in [-0.1, -0.05) is 30.3 Å². The molecule has 0 aliphatic rings. The second kappa shape index (κ2) is 4.21. The molecule has 5 heteroatoms. The molecule has 1 N–H and O–H groups in total. The van der Waals surface area contributed by atoms with E-state index in [2.05, 4.69) is 32.5 Å². The Balaban J connectivity index is 1.84. The molecular weight excluding hydrogens is 214 g/mol. The van der Waals surface area contributed by atoms with Gasteiger partial charge in [0, 0.05) is 18.9 Å². The van der Waals surface area contributed by atoms with Gasteiger partial charge in [-0.2, -0.15) is 5.10 Å². The fourth-order valence-electron chi connectivity index (χ4n) is 1.66. The van der Waals surface area contributed by atoms with Crippen LogP contribution >= 0.6 is 0 Å². The van der Waals surface area contributed by atoms with E-state index in [-0.39, 0.29) is 0 Å². The zero-order valence-corrected chi connectivity index (χ0v) is 9.11. The van der Waals surface area contributed by atoms with Crippen LogP contribution in [0.2, 0.25) is 0 Å². The average Bonchev–Trinajstić information content (AvgIpc) is 2.86. The van der Waals surface area contributed by atoms with Crippen molar-refractivity contribution in [3.05, 3.63) is 54.6 Å². The molecule has 0 aliphatic carbocycles. The largest absolute Gasteiger partial charge is 0.363 e. The molecule has 3 aromatic rings. The lowest BCUT2D eigenvalue weighted by molar-refractivity contribution is 0.942. The van der Waals surface area contributed by atoms with Gasteiger partial charge in [0.2, 0.25) is 0 Å². The molecule has 2 aromatic heterocycles. The van der Waals surface area contributed by atoms with Gasteiger partial charge in [-0.15, -0.1) is 0 Å². The van der Waals surface area contributed by atoms with Gasteiger partial charge in [0.1, 0.15) is 6.33 Å². The molecule has 0 saturated heterocycles. The Morgan fingerprint density at radius 3 is 2.88 bits per heavy atom. The van der Waals surface area contributed by atoms with Crippen molar-refractivity contribution in [1.82, 2.24) is 19.6 Å². The number of fused-ring (bicyclic) bond motifs is 1. The second-order valence-electron chi connectivity index (χ2n) is 3.64. The summed E-state index contributed by atoms with van der Waals surface area (Å²) in [5.74, 6) is 0.744. The molecule has 3 rings (SSSR count). The van der Waals surface area contributed by atoms with Crippen LogP contribution in [0.25, 0.3) is 5.65 Å². The summed E-state index contributed by atoms with van der Waals surface area (Å²) in [5, 5.41) is 7.32. The number of rotatable bonds is 3. The molecule has 0 aliphatic heterocycles. The molecule has 0 atom stereocenters. The highest BCUT2D eigenvalue weighted by Gasteiger charge is 2.03. The van der Waals surface area contributed by atoms with Crippen LogP contribution in [-0.4, -0.2) is 19.6 Å². The van der Waals surface area contributed by atoms with Crippen molar-refractivity contribution >= 4 is 11.5 Å². The fourth-order valence-corrected chi connectivity index (χ4v) is 1.66. The fraction of sp³-hybridized carbons (Fsp3) is 0.0833. The van der Waals surface area contributed by atoms with E-state index >= 15 is 0 Å². The summed E-state index contributed by atoms with van der Waals surface area (Å²) in [5.41, 5.74) is 1.94. The van der Waals surface area contributed by atoms with E-state index in [0.717, 1.165) is 18.0 Å². The zero-order chi connectivity index (χ0) is 11.5. The Morgan fingerprint density at radius 1 is 1.12 bits per heavy atom. The lowest BCUT2D eigenvalue weighted by atomic mass is 10.2. The third kappa shape index (κ3) is 1.94. The van der Waals surface area contributed by atoms with E-state index in [0.29, 0.717) is 0 Å². The summed E-state index contributed by atoms with van der Waals surface area (Å²) in [6.07, 6.45) is 5.00. The van der Waals surface area contributed by atoms with Crippen LogP contribution in [0.5, 0.6) is 0 Å². The lowest BCUT2D eigenvalue weighted by Gasteiger charge is -2.05. The van der Waals surface area contributed by atoms with E-state index in [1.807, 2.05) is 18.2 Å². The van der Waals surface area contributed by atoms with E-state index in [9.17, 15) is 0 Å². The molecule has 17 heavy (non-hydrogen) atoms. The van der Waals surface area contributed by atoms with E-state index < -0.39 is 0 Å². The van der Waals surface area contributed by atoms with Gasteiger partial charge in [-0.05, 0) is 5.56 Å². The van der Waals surface area contributed by atoms with Crippen LogP contribution in [0.4, 0.5) is 5.82 Å². The van der Waals surface area contributed by atoms with E-state index in [1.165, 1.54) is 11.9 Å². The summed E-state index contributed by atoms with van der Waals surface area (Å²) in [7, 11) is 0. The quantitative estimate of drug-likeness (QED) is 0.737. The molecule has 0 radical (unpaired) electrons. The van der Waals surface area contributed by atoms with Gasteiger partial charge in [0.05, 0.1) is 0 Å². The minimum absolute atomic E-state index is 0.723. The Hall–Kier alpha value is -2.43. The molecule has 1 aromatic carbocycles. The Labute approximate surface area is 98.1 Å². The van der Waals surface area contributed by atoms with Gasteiger partial charge in [0.15, 0.2) is 11.5 Å². The molecule has 0 saturated carbocycles. The third-order valence-electron chi connectivity index (χ3n) is 2.50. The van der Waals surface area contributed by atoms with Crippen LogP contribution < -0.4 is 5.32 Å². The SMILES string of the molecule is c1ccc(CNc2nccn3ncnc23)cc1. The van der Waals surface area contributed by atoms with Crippen LogP contribution in [0, 0.1) is 0 Å². The number of aromatic nitrogens is 4. The molecule has 5 nitrogen and oxygen atoms in total. The summed E-state index contributed by atoms with van der Waals surface area (Å²) >= 11 is 0. The first-order valence-electron chi connectivity index (χ1n) is 5.35. The highest BCUT2D eigenvalue weighted by molar-refractivity contribution is 5.61. The monoisotopic (exact) mass is 225 g/mol. The van der Waals surface area contributed by atoms with Crippen molar-refractivity contribution in [2.45, 2.75) is 6.54 Å². The molecule has 2 heterocycles. The van der Waals surface area contributed by atoms with Gasteiger partial charge in [-0.3, -0.25) is 0 Å². The normalized spacial score (nSPS) is 10.6. The average molecular weight is 225 g/mol. The zero-order valence-electron chi connectivity index (χ0n) is 9.11. The number of benzene rings is 1. The lowest BCUT2D eigenvalue weighted by Crippen LogP contribution is -2.03. The topological polar surface area (TPSA) is 55.1 Å². The van der Waals surface area contributed by atoms with Crippen LogP contribution in [-0.2, 0) is 6.54 Å². The molecule has 0 bridgehead atoms. The highest BCUT2D eigenvalue weighted by Crippen LogP contribution is 2.10. The van der Waals surface area contributed by atoms with Gasteiger partial charge in [-0.25, -0.2) is 14.5 Å². The van der Waals surface area contributed by atoms with Crippen molar-refractivity contribution in [2.75, 3.05) is 5.32 Å². The Kier molecular flexibility index (Phi) is 2.42. The predicted octanol–water partition coefficient (Wildman–Crippen LogP) is 1.74. The number of nitrogens with one attached hydrogen (secondary N) is 1. The Bertz CT molecular complexity index is 617. The minimum Gasteiger partial charge on any atom is -0.363 e. The van der Waals surface area contributed by atoms with Crippen LogP contribution in [0.15, 0.2) is 49.1 Å². The smallest absolute Gasteiger partial charge is 0.198 e. The second-order valence-corrected chi connectivity index (χ2v) is 3.64. The van der Waals surface area contributed by atoms with Crippen molar-refractivity contribution < 1.29 is 0 Å². The molecule has 0 unspecified atom stereocenters. The summed E-state index contributed by atoms with van der Waals surface area (Å²) in [4.78, 5) is 8.42. The maximum Gasteiger partial charge on any atom is 0.198 e. The van der Waals surface area contributed by atoms with Crippen molar-refractivity contribution in [3.8, 4) is 0 Å². The number of hydrogen-bond acceptors (Lipinski definition) is 4. The number of nitrogens with zero attached hydrogens (tertiary/aromatic N) is 4. The summed E-state index contributed by atoms with van der Waals surface area (Å²) < 4.78 is 1.69. The number of hydrogen-bond donors (Lipinski definition) is 1. The van der Waals surface area contributed by atoms with Gasteiger partial charge in [0.25, 0.3) is 0 Å². The minimum atomic E-state index is 0.723. The first kappa shape index (κ1) is 9.77. The Morgan fingerprint density at radius 2 is 2.00 bits per heavy atom. The third-order valence-corrected chi connectivity index (χ3v) is 2.50. The van der Waals surface area contributed by atoms with Crippen molar-refractivity contribution in [1.29, 1.82) is 0 Å². The molecule has 84 valence electrons. The van der Waals surface area contributed by atoms with Crippen molar-refractivity contribution in [3.63, 3.8) is 0 Å². The molecule has 0 spiro atoms. The maximum atomic E-state index is 4.26. The van der Waals surface area contributed by atoms with Gasteiger partial charge >= 0.3 is 0 Å². The first-order valence-corrected chi connectivity index (χ1v) is 5.35.